The van der Waals surface area contributed by atoms with Gasteiger partial charge in [-0.05, 0) is 35.9 Å². The second-order valence-electron chi connectivity index (χ2n) is 5.51. The molecule has 2 aromatic carbocycles. The minimum atomic E-state index is -4.57. The summed E-state index contributed by atoms with van der Waals surface area (Å²) in [5.41, 5.74) is 0.362. The number of hydrogen-bond acceptors (Lipinski definition) is 4. The number of carbonyl (C=O) groups excluding carboxylic acids is 1. The van der Waals surface area contributed by atoms with E-state index < -0.39 is 24.5 Å². The second-order valence-corrected chi connectivity index (χ2v) is 5.51. The molecule has 0 atom stereocenters. The van der Waals surface area contributed by atoms with Crippen LogP contribution in [0.4, 0.5) is 23.2 Å². The first-order valence-corrected chi connectivity index (χ1v) is 7.91. The minimum Gasteiger partial charge on any atom is -0.497 e. The van der Waals surface area contributed by atoms with Gasteiger partial charge in [-0.2, -0.15) is 13.2 Å². The predicted octanol–water partition coefficient (Wildman–Crippen LogP) is 4.44. The lowest BCUT2D eigenvalue weighted by atomic mass is 10.2. The molecule has 1 amide bonds. The highest BCUT2D eigenvalue weighted by Gasteiger charge is 2.29. The highest BCUT2D eigenvalue weighted by Crippen LogP contribution is 2.28. The van der Waals surface area contributed by atoms with Crippen molar-refractivity contribution in [2.24, 2.45) is 0 Å². The third-order valence-corrected chi connectivity index (χ3v) is 3.39. The third kappa shape index (κ3) is 6.49. The molecule has 0 saturated carbocycles. The Bertz CT molecular complexity index is 843. The fourth-order valence-corrected chi connectivity index (χ4v) is 2.16. The summed E-state index contributed by atoms with van der Waals surface area (Å²) < 4.78 is 65.3. The van der Waals surface area contributed by atoms with Gasteiger partial charge in [-0.25, -0.2) is 4.39 Å². The lowest BCUT2D eigenvalue weighted by molar-refractivity contribution is -0.153. The van der Waals surface area contributed by atoms with Crippen molar-refractivity contribution in [3.63, 3.8) is 0 Å². The lowest BCUT2D eigenvalue weighted by Gasteiger charge is -2.13. The molecule has 0 unspecified atom stereocenters. The smallest absolute Gasteiger partial charge is 0.422 e. The van der Waals surface area contributed by atoms with Crippen LogP contribution in [0.15, 0.2) is 42.5 Å². The Kier molecular flexibility index (Phi) is 6.86. The SMILES string of the molecule is COc1cc(/C=C/C(=O)Nc2cc(F)ccc2OCC(F)(F)F)cc(OC)c1. The first-order valence-electron chi connectivity index (χ1n) is 7.91. The highest BCUT2D eigenvalue weighted by atomic mass is 19.4. The Morgan fingerprint density at radius 2 is 1.71 bits per heavy atom. The first-order chi connectivity index (χ1) is 13.2. The summed E-state index contributed by atoms with van der Waals surface area (Å²) in [4.78, 5) is 12.1. The normalized spacial score (nSPS) is 11.4. The predicted molar refractivity (Wildman–Crippen MR) is 95.2 cm³/mol. The van der Waals surface area contributed by atoms with Gasteiger partial charge in [-0.3, -0.25) is 4.79 Å². The number of hydrogen-bond donors (Lipinski definition) is 1. The maximum atomic E-state index is 13.4. The second kappa shape index (κ2) is 9.12. The van der Waals surface area contributed by atoms with Crippen molar-refractivity contribution in [2.45, 2.75) is 6.18 Å². The van der Waals surface area contributed by atoms with E-state index in [1.165, 1.54) is 20.3 Å². The molecule has 0 aliphatic carbocycles. The molecule has 5 nitrogen and oxygen atoms in total. The zero-order chi connectivity index (χ0) is 20.7. The average Bonchev–Trinajstić information content (AvgIpc) is 2.64. The topological polar surface area (TPSA) is 56.8 Å². The summed E-state index contributed by atoms with van der Waals surface area (Å²) in [6.07, 6.45) is -2.00. The van der Waals surface area contributed by atoms with Crippen molar-refractivity contribution in [1.29, 1.82) is 0 Å². The molecule has 28 heavy (non-hydrogen) atoms. The summed E-state index contributed by atoms with van der Waals surface area (Å²) in [6.45, 7) is -1.57. The molecule has 0 spiro atoms. The fourth-order valence-electron chi connectivity index (χ4n) is 2.16. The summed E-state index contributed by atoms with van der Waals surface area (Å²) in [5, 5.41) is 2.29. The number of ether oxygens (including phenoxy) is 3. The molecule has 1 N–H and O–H groups in total. The third-order valence-electron chi connectivity index (χ3n) is 3.39. The Morgan fingerprint density at radius 1 is 1.07 bits per heavy atom. The van der Waals surface area contributed by atoms with E-state index in [2.05, 4.69) is 10.1 Å². The lowest BCUT2D eigenvalue weighted by Crippen LogP contribution is -2.20. The summed E-state index contributed by atoms with van der Waals surface area (Å²) in [7, 11) is 2.95. The van der Waals surface area contributed by atoms with Crippen LogP contribution in [-0.4, -0.2) is 32.9 Å². The fraction of sp³-hybridized carbons (Fsp3) is 0.211. The molecular weight excluding hydrogens is 382 g/mol. The van der Waals surface area contributed by atoms with Crippen molar-refractivity contribution in [3.05, 3.63) is 53.9 Å². The Balaban J connectivity index is 2.14. The molecule has 0 aliphatic rings. The van der Waals surface area contributed by atoms with Crippen LogP contribution >= 0.6 is 0 Å². The van der Waals surface area contributed by atoms with Gasteiger partial charge in [-0.15, -0.1) is 0 Å². The summed E-state index contributed by atoms with van der Waals surface area (Å²) >= 11 is 0. The molecule has 0 fully saturated rings. The number of halogens is 4. The van der Waals surface area contributed by atoms with E-state index >= 15 is 0 Å². The molecule has 0 aromatic heterocycles. The Hall–Kier alpha value is -3.23. The van der Waals surface area contributed by atoms with Gasteiger partial charge in [0.1, 0.15) is 23.1 Å². The maximum Gasteiger partial charge on any atom is 0.422 e. The molecule has 2 rings (SSSR count). The number of anilines is 1. The van der Waals surface area contributed by atoms with Gasteiger partial charge >= 0.3 is 6.18 Å². The van der Waals surface area contributed by atoms with Crippen molar-refractivity contribution >= 4 is 17.7 Å². The van der Waals surface area contributed by atoms with Crippen LogP contribution in [0.1, 0.15) is 5.56 Å². The summed E-state index contributed by atoms with van der Waals surface area (Å²) in [5.74, 6) is -0.719. The number of alkyl halides is 3. The van der Waals surface area contributed by atoms with E-state index in [0.29, 0.717) is 17.1 Å². The van der Waals surface area contributed by atoms with Crippen molar-refractivity contribution in [2.75, 3.05) is 26.1 Å². The quantitative estimate of drug-likeness (QED) is 0.553. The molecule has 150 valence electrons. The highest BCUT2D eigenvalue weighted by molar-refractivity contribution is 6.02. The van der Waals surface area contributed by atoms with Crippen LogP contribution in [0, 0.1) is 5.82 Å². The number of nitrogens with one attached hydrogen (secondary N) is 1. The van der Waals surface area contributed by atoms with E-state index in [9.17, 15) is 22.4 Å². The van der Waals surface area contributed by atoms with Crippen molar-refractivity contribution < 1.29 is 36.6 Å². The van der Waals surface area contributed by atoms with Gasteiger partial charge in [0.05, 0.1) is 19.9 Å². The standard InChI is InChI=1S/C19H17F4NO4/c1-26-14-7-12(8-15(10-14)27-2)3-6-18(25)24-16-9-13(20)4-5-17(16)28-11-19(21,22)23/h3-10H,11H2,1-2H3,(H,24,25)/b6-3+. The van der Waals surface area contributed by atoms with Gasteiger partial charge < -0.3 is 19.5 Å². The number of rotatable bonds is 7. The van der Waals surface area contributed by atoms with E-state index in [-0.39, 0.29) is 11.4 Å². The van der Waals surface area contributed by atoms with Crippen LogP contribution in [0.2, 0.25) is 0 Å². The zero-order valence-electron chi connectivity index (χ0n) is 15.0. The largest absolute Gasteiger partial charge is 0.497 e. The molecule has 2 aromatic rings. The average molecular weight is 399 g/mol. The van der Waals surface area contributed by atoms with Crippen molar-refractivity contribution in [1.82, 2.24) is 0 Å². The van der Waals surface area contributed by atoms with Gasteiger partial charge in [-0.1, -0.05) is 0 Å². The van der Waals surface area contributed by atoms with E-state index in [0.717, 1.165) is 24.3 Å². The van der Waals surface area contributed by atoms with Crippen LogP contribution in [0.3, 0.4) is 0 Å². The van der Waals surface area contributed by atoms with Crippen LogP contribution in [-0.2, 0) is 4.79 Å². The molecule has 0 bridgehead atoms. The molecular formula is C19H17F4NO4. The minimum absolute atomic E-state index is 0.220. The number of methoxy groups -OCH3 is 2. The number of carbonyl (C=O) groups is 1. The Labute approximate surface area is 158 Å². The molecule has 0 aliphatic heterocycles. The van der Waals surface area contributed by atoms with E-state index in [4.69, 9.17) is 9.47 Å². The summed E-state index contributed by atoms with van der Waals surface area (Å²) in [6, 6.07) is 7.74. The van der Waals surface area contributed by atoms with Gasteiger partial charge in [0, 0.05) is 18.2 Å². The molecule has 0 saturated heterocycles. The van der Waals surface area contributed by atoms with Crippen molar-refractivity contribution in [3.8, 4) is 17.2 Å². The van der Waals surface area contributed by atoms with Gasteiger partial charge in [0.2, 0.25) is 5.91 Å². The van der Waals surface area contributed by atoms with E-state index in [1.807, 2.05) is 0 Å². The zero-order valence-corrected chi connectivity index (χ0v) is 15.0. The Morgan fingerprint density at radius 3 is 2.29 bits per heavy atom. The monoisotopic (exact) mass is 399 g/mol. The molecule has 0 radical (unpaired) electrons. The molecule has 0 heterocycles. The van der Waals surface area contributed by atoms with Crippen LogP contribution in [0.25, 0.3) is 6.08 Å². The number of benzene rings is 2. The maximum absolute atomic E-state index is 13.4. The van der Waals surface area contributed by atoms with Gasteiger partial charge in [0.25, 0.3) is 0 Å². The van der Waals surface area contributed by atoms with Gasteiger partial charge in [0.15, 0.2) is 6.61 Å². The van der Waals surface area contributed by atoms with Crippen LogP contribution in [0.5, 0.6) is 17.2 Å². The number of amides is 1. The first kappa shape index (κ1) is 21.1. The van der Waals surface area contributed by atoms with Crippen LogP contribution < -0.4 is 19.5 Å². The van der Waals surface area contributed by atoms with E-state index in [1.54, 1.807) is 18.2 Å². The molecule has 9 heteroatoms.